The van der Waals surface area contributed by atoms with Crippen molar-refractivity contribution >= 4 is 29.2 Å². The highest BCUT2D eigenvalue weighted by Gasteiger charge is 2.40. The summed E-state index contributed by atoms with van der Waals surface area (Å²) in [7, 11) is 0. The van der Waals surface area contributed by atoms with E-state index in [4.69, 9.17) is 16.3 Å². The number of esters is 1. The van der Waals surface area contributed by atoms with E-state index in [0.29, 0.717) is 16.3 Å². The van der Waals surface area contributed by atoms with Crippen molar-refractivity contribution in [2.24, 2.45) is 0 Å². The summed E-state index contributed by atoms with van der Waals surface area (Å²) >= 11 is 6.15. The molecule has 1 fully saturated rings. The smallest absolute Gasteiger partial charge is 0.340 e. The number of hydrogen-bond donors (Lipinski definition) is 1. The fraction of sp³-hybridized carbons (Fsp3) is 0.636. The number of nitrogens with one attached hydrogen (secondary N) is 1. The molecule has 1 aliphatic rings. The standard InChI is InChI=1S/C22H33ClN2O3/c1-5-19(25(6-2)12-10-8-9-11-13-25)21(26)24-20-16(4)14-17(23)15-18(20)22(27)28-7-3/h14-15,19H,5-13H2,1-4H3/p+1. The molecule has 0 radical (unpaired) electrons. The van der Waals surface area contributed by atoms with Crippen LogP contribution in [0.5, 0.6) is 0 Å². The van der Waals surface area contributed by atoms with E-state index in [9.17, 15) is 9.59 Å². The van der Waals surface area contributed by atoms with Crippen molar-refractivity contribution in [3.8, 4) is 0 Å². The topological polar surface area (TPSA) is 55.4 Å². The number of ether oxygens (including phenoxy) is 1. The fourth-order valence-electron chi connectivity index (χ4n) is 4.47. The van der Waals surface area contributed by atoms with Crippen LogP contribution < -0.4 is 5.32 Å². The predicted octanol–water partition coefficient (Wildman–Crippen LogP) is 4.95. The van der Waals surface area contributed by atoms with Crippen molar-refractivity contribution in [2.75, 3.05) is 31.6 Å². The zero-order valence-corrected chi connectivity index (χ0v) is 18.4. The first-order valence-corrected chi connectivity index (χ1v) is 10.9. The Hall–Kier alpha value is -1.59. The molecule has 1 saturated heterocycles. The Morgan fingerprint density at radius 1 is 1.14 bits per heavy atom. The van der Waals surface area contributed by atoms with Crippen LogP contribution in [0.4, 0.5) is 5.69 Å². The molecule has 5 nitrogen and oxygen atoms in total. The number of likely N-dealkylation sites (N-methyl/N-ethyl adjacent to an activating group) is 1. The van der Waals surface area contributed by atoms with Crippen molar-refractivity contribution in [2.45, 2.75) is 65.8 Å². The van der Waals surface area contributed by atoms with Gasteiger partial charge in [-0.25, -0.2) is 4.79 Å². The minimum Gasteiger partial charge on any atom is -0.462 e. The number of anilines is 1. The molecule has 0 bridgehead atoms. The maximum absolute atomic E-state index is 13.4. The first-order chi connectivity index (χ1) is 13.4. The molecule has 1 amide bonds. The maximum atomic E-state index is 13.4. The summed E-state index contributed by atoms with van der Waals surface area (Å²) in [5.41, 5.74) is 1.59. The average molecular weight is 410 g/mol. The molecule has 0 aromatic heterocycles. The molecule has 0 saturated carbocycles. The number of likely N-dealkylation sites (tertiary alicyclic amines) is 1. The molecule has 1 aromatic carbocycles. The van der Waals surface area contributed by atoms with Crippen LogP contribution in [0, 0.1) is 6.92 Å². The molecule has 1 heterocycles. The second-order valence-electron chi connectivity index (χ2n) is 7.68. The largest absolute Gasteiger partial charge is 0.462 e. The number of carbonyl (C=O) groups is 2. The molecule has 1 atom stereocenters. The molecule has 0 aliphatic carbocycles. The number of nitrogens with zero attached hydrogens (tertiary/aromatic N) is 1. The van der Waals surface area contributed by atoms with E-state index >= 15 is 0 Å². The molecule has 0 spiro atoms. The zero-order valence-electron chi connectivity index (χ0n) is 17.6. The highest BCUT2D eigenvalue weighted by molar-refractivity contribution is 6.31. The van der Waals surface area contributed by atoms with Crippen LogP contribution in [-0.2, 0) is 9.53 Å². The highest BCUT2D eigenvalue weighted by Crippen LogP contribution is 2.29. The number of rotatable bonds is 7. The van der Waals surface area contributed by atoms with Gasteiger partial charge in [-0.05, 0) is 64.2 Å². The van der Waals surface area contributed by atoms with Gasteiger partial charge in [0.25, 0.3) is 5.91 Å². The molecule has 1 N–H and O–H groups in total. The van der Waals surface area contributed by atoms with Crippen molar-refractivity contribution in [3.05, 3.63) is 28.3 Å². The SMILES string of the molecule is CCOC(=O)c1cc(Cl)cc(C)c1NC(=O)C(CC)[N+]1(CC)CCCCCC1. The van der Waals surface area contributed by atoms with Crippen LogP contribution in [0.1, 0.15) is 68.8 Å². The van der Waals surface area contributed by atoms with Crippen molar-refractivity contribution < 1.29 is 18.8 Å². The van der Waals surface area contributed by atoms with Crippen LogP contribution in [0.25, 0.3) is 0 Å². The molecule has 1 aromatic rings. The van der Waals surface area contributed by atoms with Gasteiger partial charge in [0.1, 0.15) is 0 Å². The van der Waals surface area contributed by atoms with Gasteiger partial charge in [-0.1, -0.05) is 18.5 Å². The molecular weight excluding hydrogens is 376 g/mol. The van der Waals surface area contributed by atoms with Gasteiger partial charge < -0.3 is 14.5 Å². The molecule has 2 rings (SSSR count). The minimum atomic E-state index is -0.467. The molecule has 156 valence electrons. The first-order valence-electron chi connectivity index (χ1n) is 10.5. The second kappa shape index (κ2) is 10.3. The molecule has 1 unspecified atom stereocenters. The van der Waals surface area contributed by atoms with Gasteiger partial charge in [0.15, 0.2) is 6.04 Å². The van der Waals surface area contributed by atoms with Gasteiger partial charge in [0.05, 0.1) is 37.5 Å². The van der Waals surface area contributed by atoms with Gasteiger partial charge in [0.2, 0.25) is 0 Å². The molecular formula is C22H34ClN2O3+. The van der Waals surface area contributed by atoms with Gasteiger partial charge >= 0.3 is 5.97 Å². The molecule has 28 heavy (non-hydrogen) atoms. The van der Waals surface area contributed by atoms with Gasteiger partial charge in [0, 0.05) is 11.4 Å². The van der Waals surface area contributed by atoms with Crippen LogP contribution in [-0.4, -0.2) is 48.6 Å². The number of quaternary nitrogens is 1. The minimum absolute atomic E-state index is 0.0257. The Balaban J connectivity index is 2.35. The summed E-state index contributed by atoms with van der Waals surface area (Å²) in [5, 5.41) is 3.51. The van der Waals surface area contributed by atoms with Crippen molar-refractivity contribution in [1.29, 1.82) is 0 Å². The zero-order chi connectivity index (χ0) is 20.7. The second-order valence-corrected chi connectivity index (χ2v) is 8.11. The average Bonchev–Trinajstić information content (AvgIpc) is 2.91. The van der Waals surface area contributed by atoms with E-state index in [2.05, 4.69) is 19.2 Å². The van der Waals surface area contributed by atoms with Gasteiger partial charge in [-0.2, -0.15) is 0 Å². The lowest BCUT2D eigenvalue weighted by Gasteiger charge is -2.42. The number of benzene rings is 1. The number of aryl methyl sites for hydroxylation is 1. The summed E-state index contributed by atoms with van der Waals surface area (Å²) < 4.78 is 5.99. The predicted molar refractivity (Wildman–Crippen MR) is 114 cm³/mol. The van der Waals surface area contributed by atoms with Crippen molar-refractivity contribution in [3.63, 3.8) is 0 Å². The first kappa shape index (κ1) is 22.7. The number of halogens is 1. The number of amides is 1. The highest BCUT2D eigenvalue weighted by atomic mass is 35.5. The van der Waals surface area contributed by atoms with E-state index in [-0.39, 0.29) is 18.6 Å². The summed E-state index contributed by atoms with van der Waals surface area (Å²) in [4.78, 5) is 25.8. The summed E-state index contributed by atoms with van der Waals surface area (Å²) in [6.45, 7) is 11.1. The summed E-state index contributed by atoms with van der Waals surface area (Å²) in [6.07, 6.45) is 5.56. The summed E-state index contributed by atoms with van der Waals surface area (Å²) in [5.74, 6) is -0.493. The Labute approximate surface area is 174 Å². The lowest BCUT2D eigenvalue weighted by molar-refractivity contribution is -0.940. The normalized spacial score (nSPS) is 17.5. The van der Waals surface area contributed by atoms with E-state index in [1.807, 2.05) is 6.92 Å². The third-order valence-electron chi connectivity index (χ3n) is 5.98. The van der Waals surface area contributed by atoms with E-state index in [0.717, 1.165) is 48.9 Å². The Kier molecular flexibility index (Phi) is 8.32. The van der Waals surface area contributed by atoms with E-state index < -0.39 is 5.97 Å². The van der Waals surface area contributed by atoms with Gasteiger partial charge in [-0.15, -0.1) is 0 Å². The Morgan fingerprint density at radius 2 is 1.79 bits per heavy atom. The monoisotopic (exact) mass is 409 g/mol. The van der Waals surface area contributed by atoms with E-state index in [1.165, 1.54) is 12.8 Å². The maximum Gasteiger partial charge on any atom is 0.340 e. The quantitative estimate of drug-likeness (QED) is 0.511. The van der Waals surface area contributed by atoms with Crippen LogP contribution in [0.2, 0.25) is 5.02 Å². The number of carbonyl (C=O) groups excluding carboxylic acids is 2. The Morgan fingerprint density at radius 3 is 2.32 bits per heavy atom. The summed E-state index contributed by atoms with van der Waals surface area (Å²) in [6, 6.07) is 3.20. The van der Waals surface area contributed by atoms with Crippen molar-refractivity contribution in [1.82, 2.24) is 0 Å². The third-order valence-corrected chi connectivity index (χ3v) is 6.20. The third kappa shape index (κ3) is 5.06. The fourth-order valence-corrected chi connectivity index (χ4v) is 4.75. The lowest BCUT2D eigenvalue weighted by Crippen LogP contribution is -2.60. The van der Waals surface area contributed by atoms with Gasteiger partial charge in [-0.3, -0.25) is 4.79 Å². The number of hydrogen-bond acceptors (Lipinski definition) is 3. The van der Waals surface area contributed by atoms with Crippen LogP contribution >= 0.6 is 11.6 Å². The molecule has 1 aliphatic heterocycles. The molecule has 6 heteroatoms. The van der Waals surface area contributed by atoms with Crippen LogP contribution in [0.15, 0.2) is 12.1 Å². The van der Waals surface area contributed by atoms with Crippen LogP contribution in [0.3, 0.4) is 0 Å². The lowest BCUT2D eigenvalue weighted by atomic mass is 10.0. The Bertz CT molecular complexity index is 697. The van der Waals surface area contributed by atoms with E-state index in [1.54, 1.807) is 19.1 Å².